The lowest BCUT2D eigenvalue weighted by molar-refractivity contribution is 1.17. The van der Waals surface area contributed by atoms with E-state index in [4.69, 9.17) is 16.6 Å². The Balaban J connectivity index is 0.000000346. The standard InChI is InChI=1S/C28H20N4.C6H7N/c29-22-18-27(20-12-4-5-13-21(20)28(22)30)32-25-16-8-6-14-23(25)31(19-10-2-1-3-11-19)24-15-7-9-17-26(24)32;7-6-4-2-1-3-5-6/h1-18,29-30H;1-5H,7H2. The summed E-state index contributed by atoms with van der Waals surface area (Å²) in [6, 6.07) is 44.5. The Labute approximate surface area is 228 Å². The molecule has 5 aromatic carbocycles. The third-order valence-electron chi connectivity index (χ3n) is 6.80. The number of nitrogens with two attached hydrogens (primary N) is 1. The topological polar surface area (TPSA) is 80.2 Å². The molecule has 7 rings (SSSR count). The Morgan fingerprint density at radius 3 is 1.41 bits per heavy atom. The van der Waals surface area contributed by atoms with Crippen molar-refractivity contribution in [3.8, 4) is 0 Å². The lowest BCUT2D eigenvalue weighted by atomic mass is 9.90. The number of benzene rings is 5. The molecule has 1 heterocycles. The number of nitrogens with zero attached hydrogens (tertiary/aromatic N) is 2. The number of hydrogen-bond donors (Lipinski definition) is 3. The molecule has 0 fully saturated rings. The predicted octanol–water partition coefficient (Wildman–Crippen LogP) is 8.32. The number of para-hydroxylation sites is 6. The zero-order chi connectivity index (χ0) is 26.8. The molecule has 0 amide bonds. The molecule has 0 radical (unpaired) electrons. The van der Waals surface area contributed by atoms with Gasteiger partial charge in [-0.15, -0.1) is 0 Å². The summed E-state index contributed by atoms with van der Waals surface area (Å²) in [7, 11) is 0. The summed E-state index contributed by atoms with van der Waals surface area (Å²) < 4.78 is 0. The van der Waals surface area contributed by atoms with Gasteiger partial charge in [0.25, 0.3) is 0 Å². The van der Waals surface area contributed by atoms with Crippen LogP contribution in [0.4, 0.5) is 34.1 Å². The van der Waals surface area contributed by atoms with Crippen LogP contribution >= 0.6 is 0 Å². The van der Waals surface area contributed by atoms with Crippen molar-refractivity contribution in [1.82, 2.24) is 0 Å². The number of rotatable bonds is 2. The maximum atomic E-state index is 8.48. The smallest absolute Gasteiger partial charge is 0.0869 e. The fourth-order valence-electron chi connectivity index (χ4n) is 5.05. The molecule has 0 bridgehead atoms. The van der Waals surface area contributed by atoms with Crippen molar-refractivity contribution in [2.75, 3.05) is 15.5 Å². The first-order valence-electron chi connectivity index (χ1n) is 12.8. The minimum absolute atomic E-state index is 0.221. The molecule has 0 aromatic heterocycles. The van der Waals surface area contributed by atoms with Gasteiger partial charge in [-0.25, -0.2) is 0 Å². The molecule has 5 heteroatoms. The average molecular weight is 506 g/mol. The van der Waals surface area contributed by atoms with Crippen LogP contribution in [0.3, 0.4) is 0 Å². The summed E-state index contributed by atoms with van der Waals surface area (Å²) in [5, 5.41) is 16.9. The quantitative estimate of drug-likeness (QED) is 0.211. The second-order valence-corrected chi connectivity index (χ2v) is 9.26. The lowest BCUT2D eigenvalue weighted by Gasteiger charge is -2.42. The third-order valence-corrected chi connectivity index (χ3v) is 6.80. The van der Waals surface area contributed by atoms with E-state index in [1.807, 2.05) is 78.9 Å². The first-order chi connectivity index (χ1) is 19.1. The van der Waals surface area contributed by atoms with Gasteiger partial charge in [0.05, 0.1) is 39.9 Å². The first-order valence-corrected chi connectivity index (χ1v) is 12.8. The maximum absolute atomic E-state index is 8.48. The zero-order valence-corrected chi connectivity index (χ0v) is 21.3. The summed E-state index contributed by atoms with van der Waals surface area (Å²) in [6.07, 6.45) is 1.82. The van der Waals surface area contributed by atoms with Crippen molar-refractivity contribution in [2.45, 2.75) is 0 Å². The molecule has 0 saturated carbocycles. The zero-order valence-electron chi connectivity index (χ0n) is 21.3. The second kappa shape index (κ2) is 10.1. The summed E-state index contributed by atoms with van der Waals surface area (Å²) in [4.78, 5) is 4.51. The van der Waals surface area contributed by atoms with E-state index in [9.17, 15) is 0 Å². The number of nitrogen functional groups attached to an aromatic ring is 1. The summed E-state index contributed by atoms with van der Waals surface area (Å²) >= 11 is 0. The van der Waals surface area contributed by atoms with E-state index >= 15 is 0 Å². The van der Waals surface area contributed by atoms with E-state index in [1.165, 1.54) is 0 Å². The Morgan fingerprint density at radius 1 is 0.462 bits per heavy atom. The van der Waals surface area contributed by atoms with Gasteiger partial charge in [-0.1, -0.05) is 84.9 Å². The fourth-order valence-corrected chi connectivity index (χ4v) is 5.05. The summed E-state index contributed by atoms with van der Waals surface area (Å²) in [5.74, 6) is 0. The van der Waals surface area contributed by atoms with Crippen LogP contribution < -0.4 is 15.5 Å². The molecule has 0 atom stereocenters. The van der Waals surface area contributed by atoms with Crippen molar-refractivity contribution in [3.05, 3.63) is 151 Å². The van der Waals surface area contributed by atoms with Crippen LogP contribution in [0.5, 0.6) is 0 Å². The third kappa shape index (κ3) is 4.36. The molecule has 1 aliphatic carbocycles. The van der Waals surface area contributed by atoms with Crippen LogP contribution in [0.1, 0.15) is 11.1 Å². The van der Waals surface area contributed by atoms with Gasteiger partial charge in [0.15, 0.2) is 0 Å². The summed E-state index contributed by atoms with van der Waals surface area (Å²) in [6.45, 7) is 0. The molecule has 4 N–H and O–H groups in total. The summed E-state index contributed by atoms with van der Waals surface area (Å²) in [5.41, 5.74) is 14.6. The highest BCUT2D eigenvalue weighted by Gasteiger charge is 2.33. The monoisotopic (exact) mass is 505 g/mol. The van der Waals surface area contributed by atoms with Gasteiger partial charge >= 0.3 is 0 Å². The highest BCUT2D eigenvalue weighted by molar-refractivity contribution is 6.53. The van der Waals surface area contributed by atoms with Gasteiger partial charge < -0.3 is 15.5 Å². The molecular formula is C34H27N5. The molecule has 0 unspecified atom stereocenters. The van der Waals surface area contributed by atoms with Crippen LogP contribution in [0, 0.1) is 10.8 Å². The molecule has 0 spiro atoms. The van der Waals surface area contributed by atoms with Gasteiger partial charge in [0, 0.05) is 22.5 Å². The molecule has 0 saturated heterocycles. The molecule has 39 heavy (non-hydrogen) atoms. The Hall–Kier alpha value is -5.42. The van der Waals surface area contributed by atoms with Crippen molar-refractivity contribution >= 4 is 51.2 Å². The van der Waals surface area contributed by atoms with E-state index in [1.54, 1.807) is 0 Å². The van der Waals surface area contributed by atoms with Gasteiger partial charge in [-0.2, -0.15) is 0 Å². The van der Waals surface area contributed by atoms with Crippen molar-refractivity contribution in [3.63, 3.8) is 0 Å². The van der Waals surface area contributed by atoms with E-state index < -0.39 is 0 Å². The van der Waals surface area contributed by atoms with Gasteiger partial charge in [-0.3, -0.25) is 10.8 Å². The SMILES string of the molecule is N=C1C=C(N2c3ccccc3N(c3ccccc3)c3ccccc32)c2ccccc2C1=N.Nc1ccccc1. The van der Waals surface area contributed by atoms with Crippen LogP contribution in [-0.2, 0) is 0 Å². The van der Waals surface area contributed by atoms with Gasteiger partial charge in [-0.05, 0) is 54.6 Å². The van der Waals surface area contributed by atoms with E-state index in [0.29, 0.717) is 0 Å². The molecule has 2 aliphatic rings. The Morgan fingerprint density at radius 2 is 0.897 bits per heavy atom. The van der Waals surface area contributed by atoms with Crippen molar-refractivity contribution < 1.29 is 0 Å². The molecule has 1 aliphatic heterocycles. The number of allylic oxidation sites excluding steroid dienone is 1. The van der Waals surface area contributed by atoms with E-state index in [-0.39, 0.29) is 11.4 Å². The van der Waals surface area contributed by atoms with E-state index in [2.05, 4.69) is 70.5 Å². The fraction of sp³-hybridized carbons (Fsp3) is 0. The molecular weight excluding hydrogens is 478 g/mol. The van der Waals surface area contributed by atoms with Crippen molar-refractivity contribution in [1.29, 1.82) is 10.8 Å². The first kappa shape index (κ1) is 23.9. The Kier molecular flexibility index (Phi) is 6.23. The number of nitrogens with one attached hydrogen (secondary N) is 2. The molecule has 5 nitrogen and oxygen atoms in total. The van der Waals surface area contributed by atoms with Crippen LogP contribution in [0.2, 0.25) is 0 Å². The van der Waals surface area contributed by atoms with Gasteiger partial charge in [0.1, 0.15) is 0 Å². The van der Waals surface area contributed by atoms with Gasteiger partial charge in [0.2, 0.25) is 0 Å². The number of anilines is 6. The van der Waals surface area contributed by atoms with Crippen molar-refractivity contribution in [2.24, 2.45) is 0 Å². The number of hydrogen-bond acceptors (Lipinski definition) is 5. The minimum atomic E-state index is 0.221. The van der Waals surface area contributed by atoms with Crippen LogP contribution in [0.25, 0.3) is 5.70 Å². The van der Waals surface area contributed by atoms with Crippen LogP contribution in [-0.4, -0.2) is 11.4 Å². The largest absolute Gasteiger partial charge is 0.399 e. The highest BCUT2D eigenvalue weighted by Crippen LogP contribution is 2.54. The normalized spacial score (nSPS) is 13.4. The maximum Gasteiger partial charge on any atom is 0.0869 e. The van der Waals surface area contributed by atoms with Crippen LogP contribution in [0.15, 0.2) is 140 Å². The lowest BCUT2D eigenvalue weighted by Crippen LogP contribution is -2.30. The molecule has 5 aromatic rings. The average Bonchev–Trinajstić information content (AvgIpc) is 2.99. The molecule has 188 valence electrons. The number of fused-ring (bicyclic) bond motifs is 3. The second-order valence-electron chi connectivity index (χ2n) is 9.26. The van der Waals surface area contributed by atoms with E-state index in [0.717, 1.165) is 50.9 Å². The minimum Gasteiger partial charge on any atom is -0.399 e. The predicted molar refractivity (Wildman–Crippen MR) is 163 cm³/mol. The highest BCUT2D eigenvalue weighted by atomic mass is 15.3. The Bertz CT molecular complexity index is 1660.